The van der Waals surface area contributed by atoms with E-state index < -0.39 is 0 Å². The molecule has 1 aliphatic heterocycles. The van der Waals surface area contributed by atoms with Crippen LogP contribution in [0.15, 0.2) is 48.5 Å². The molecule has 1 atom stereocenters. The fourth-order valence-corrected chi connectivity index (χ4v) is 3.44. The van der Waals surface area contributed by atoms with Crippen LogP contribution < -0.4 is 4.90 Å². The first-order valence-corrected chi connectivity index (χ1v) is 7.27. The fourth-order valence-electron chi connectivity index (χ4n) is 3.44. The number of Topliss-reactive ketones (excluding diaryl/α,β-unsaturated/α-hetero) is 2. The quantitative estimate of drug-likeness (QED) is 0.804. The zero-order chi connectivity index (χ0) is 14.4. The number of benzene rings is 2. The van der Waals surface area contributed by atoms with E-state index >= 15 is 0 Å². The van der Waals surface area contributed by atoms with Crippen molar-refractivity contribution in [2.75, 3.05) is 11.4 Å². The van der Waals surface area contributed by atoms with E-state index in [2.05, 4.69) is 11.0 Å². The molecule has 0 aromatic heterocycles. The van der Waals surface area contributed by atoms with Crippen LogP contribution in [0.5, 0.6) is 0 Å². The van der Waals surface area contributed by atoms with Gasteiger partial charge in [-0.25, -0.2) is 0 Å². The highest BCUT2D eigenvalue weighted by Crippen LogP contribution is 2.34. The topological polar surface area (TPSA) is 37.4 Å². The van der Waals surface area contributed by atoms with Gasteiger partial charge in [0.15, 0.2) is 11.6 Å². The molecule has 3 nitrogen and oxygen atoms in total. The number of carbonyl (C=O) groups excluding carboxylic acids is 2. The minimum absolute atomic E-state index is 0.0691. The van der Waals surface area contributed by atoms with Crippen molar-refractivity contribution in [3.63, 3.8) is 0 Å². The summed E-state index contributed by atoms with van der Waals surface area (Å²) in [5.74, 6) is 0.140. The number of ketones is 2. The number of fused-ring (bicyclic) bond motifs is 2. The monoisotopic (exact) mass is 277 g/mol. The van der Waals surface area contributed by atoms with E-state index in [-0.39, 0.29) is 24.0 Å². The van der Waals surface area contributed by atoms with Crippen molar-refractivity contribution in [1.29, 1.82) is 0 Å². The Morgan fingerprint density at radius 1 is 0.905 bits per heavy atom. The lowest BCUT2D eigenvalue weighted by Gasteiger charge is -2.32. The highest BCUT2D eigenvalue weighted by atomic mass is 16.1. The van der Waals surface area contributed by atoms with Crippen LogP contribution in [0.3, 0.4) is 0 Å². The molecule has 0 bridgehead atoms. The molecule has 2 aliphatic rings. The van der Waals surface area contributed by atoms with Gasteiger partial charge in [-0.3, -0.25) is 9.59 Å². The van der Waals surface area contributed by atoms with Crippen molar-refractivity contribution in [2.24, 2.45) is 0 Å². The second kappa shape index (κ2) is 4.55. The summed E-state index contributed by atoms with van der Waals surface area (Å²) >= 11 is 0. The van der Waals surface area contributed by atoms with Crippen LogP contribution in [0.25, 0.3) is 0 Å². The van der Waals surface area contributed by atoms with Gasteiger partial charge in [-0.2, -0.15) is 0 Å². The summed E-state index contributed by atoms with van der Waals surface area (Å²) in [7, 11) is 0. The maximum atomic E-state index is 12.8. The van der Waals surface area contributed by atoms with Gasteiger partial charge < -0.3 is 4.90 Å². The molecule has 0 saturated carbocycles. The van der Waals surface area contributed by atoms with Gasteiger partial charge in [0, 0.05) is 29.8 Å². The molecule has 104 valence electrons. The van der Waals surface area contributed by atoms with E-state index in [1.54, 1.807) is 12.1 Å². The minimum Gasteiger partial charge on any atom is -0.360 e. The molecule has 4 rings (SSSR count). The Morgan fingerprint density at radius 3 is 2.48 bits per heavy atom. The van der Waals surface area contributed by atoms with Crippen molar-refractivity contribution < 1.29 is 9.59 Å². The van der Waals surface area contributed by atoms with Gasteiger partial charge >= 0.3 is 0 Å². The number of para-hydroxylation sites is 1. The smallest absolute Gasteiger partial charge is 0.186 e. The van der Waals surface area contributed by atoms with E-state index in [4.69, 9.17) is 0 Å². The first kappa shape index (κ1) is 12.3. The zero-order valence-corrected chi connectivity index (χ0v) is 11.6. The molecule has 0 fully saturated rings. The first-order chi connectivity index (χ1) is 10.3. The summed E-state index contributed by atoms with van der Waals surface area (Å²) in [6.45, 7) is 0.811. The molecule has 2 aromatic rings. The molecular formula is C18H15NO2. The third kappa shape index (κ3) is 1.81. The Kier molecular flexibility index (Phi) is 2.67. The summed E-state index contributed by atoms with van der Waals surface area (Å²) in [5, 5.41) is 0. The van der Waals surface area contributed by atoms with Crippen LogP contribution in [-0.2, 0) is 6.42 Å². The highest BCUT2D eigenvalue weighted by Gasteiger charge is 2.38. The van der Waals surface area contributed by atoms with Gasteiger partial charge in [-0.1, -0.05) is 42.5 Å². The Morgan fingerprint density at radius 2 is 1.62 bits per heavy atom. The second-order valence-electron chi connectivity index (χ2n) is 5.63. The number of hydrogen-bond donors (Lipinski definition) is 0. The van der Waals surface area contributed by atoms with E-state index in [9.17, 15) is 9.59 Å². The zero-order valence-electron chi connectivity index (χ0n) is 11.6. The lowest BCUT2D eigenvalue weighted by atomic mass is 9.85. The van der Waals surface area contributed by atoms with Crippen molar-refractivity contribution in [3.8, 4) is 0 Å². The lowest BCUT2D eigenvalue weighted by molar-refractivity contribution is 0.0864. The van der Waals surface area contributed by atoms with Gasteiger partial charge in [-0.15, -0.1) is 0 Å². The Hall–Kier alpha value is -2.42. The second-order valence-corrected chi connectivity index (χ2v) is 5.63. The molecule has 1 heterocycles. The standard InChI is InChI=1S/C18H15NO2/c20-17-11-16(18(21)14-7-3-2-6-13(14)17)19-10-9-12-5-1-4-8-15(12)19/h1-8,16H,9-11H2. The maximum Gasteiger partial charge on any atom is 0.186 e. The summed E-state index contributed by atoms with van der Waals surface area (Å²) < 4.78 is 0. The molecule has 0 amide bonds. The van der Waals surface area contributed by atoms with Crippen molar-refractivity contribution in [2.45, 2.75) is 18.9 Å². The van der Waals surface area contributed by atoms with Crippen LogP contribution in [0.2, 0.25) is 0 Å². The largest absolute Gasteiger partial charge is 0.360 e. The van der Waals surface area contributed by atoms with Crippen LogP contribution in [0.4, 0.5) is 5.69 Å². The molecule has 1 unspecified atom stereocenters. The van der Waals surface area contributed by atoms with E-state index in [1.165, 1.54) is 5.56 Å². The number of rotatable bonds is 1. The van der Waals surface area contributed by atoms with Crippen LogP contribution >= 0.6 is 0 Å². The molecule has 0 N–H and O–H groups in total. The van der Waals surface area contributed by atoms with Gasteiger partial charge in [-0.05, 0) is 18.1 Å². The minimum atomic E-state index is -0.351. The van der Waals surface area contributed by atoms with Crippen LogP contribution in [0.1, 0.15) is 32.7 Å². The number of carbonyl (C=O) groups is 2. The average Bonchev–Trinajstić information content (AvgIpc) is 2.95. The average molecular weight is 277 g/mol. The lowest BCUT2D eigenvalue weighted by Crippen LogP contribution is -2.45. The normalized spacial score (nSPS) is 20.4. The molecule has 3 heteroatoms. The summed E-state index contributed by atoms with van der Waals surface area (Å²) in [4.78, 5) is 27.2. The van der Waals surface area contributed by atoms with Gasteiger partial charge in [0.05, 0.1) is 6.04 Å². The Balaban J connectivity index is 1.76. The van der Waals surface area contributed by atoms with E-state index in [0.29, 0.717) is 11.1 Å². The molecule has 0 saturated heterocycles. The Bertz CT molecular complexity index is 750. The van der Waals surface area contributed by atoms with Crippen LogP contribution in [-0.4, -0.2) is 24.2 Å². The van der Waals surface area contributed by atoms with Gasteiger partial charge in [0.1, 0.15) is 0 Å². The molecule has 2 aromatic carbocycles. The van der Waals surface area contributed by atoms with Crippen molar-refractivity contribution in [1.82, 2.24) is 0 Å². The van der Waals surface area contributed by atoms with Crippen molar-refractivity contribution in [3.05, 3.63) is 65.2 Å². The van der Waals surface area contributed by atoms with Crippen LogP contribution in [0, 0.1) is 0 Å². The number of hydrogen-bond acceptors (Lipinski definition) is 3. The molecule has 0 radical (unpaired) electrons. The van der Waals surface area contributed by atoms with Crippen molar-refractivity contribution >= 4 is 17.3 Å². The maximum absolute atomic E-state index is 12.8. The van der Waals surface area contributed by atoms with E-state index in [1.807, 2.05) is 30.3 Å². The van der Waals surface area contributed by atoms with E-state index in [0.717, 1.165) is 18.7 Å². The summed E-state index contributed by atoms with van der Waals surface area (Å²) in [6, 6.07) is 15.0. The predicted molar refractivity (Wildman–Crippen MR) is 81.0 cm³/mol. The first-order valence-electron chi connectivity index (χ1n) is 7.27. The highest BCUT2D eigenvalue weighted by molar-refractivity contribution is 6.17. The number of anilines is 1. The molecule has 1 aliphatic carbocycles. The molecule has 0 spiro atoms. The third-order valence-corrected chi connectivity index (χ3v) is 4.47. The van der Waals surface area contributed by atoms with Gasteiger partial charge in [0.2, 0.25) is 0 Å². The molecule has 21 heavy (non-hydrogen) atoms. The fraction of sp³-hybridized carbons (Fsp3) is 0.222. The Labute approximate surface area is 123 Å². The SMILES string of the molecule is O=C1CC(N2CCc3ccccc32)C(=O)c2ccccc21. The summed E-state index contributed by atoms with van der Waals surface area (Å²) in [5.41, 5.74) is 3.51. The van der Waals surface area contributed by atoms with Gasteiger partial charge in [0.25, 0.3) is 0 Å². The number of nitrogens with zero attached hydrogens (tertiary/aromatic N) is 1. The summed E-state index contributed by atoms with van der Waals surface area (Å²) in [6.07, 6.45) is 1.22. The third-order valence-electron chi connectivity index (χ3n) is 4.47. The predicted octanol–water partition coefficient (Wildman–Crippen LogP) is 2.89. The molecular weight excluding hydrogens is 262 g/mol.